The van der Waals surface area contributed by atoms with Crippen molar-refractivity contribution in [2.75, 3.05) is 39.3 Å². The maximum atomic E-state index is 9.10. The molecule has 2 N–H and O–H groups in total. The predicted molar refractivity (Wildman–Crippen MR) is 120 cm³/mol. The van der Waals surface area contributed by atoms with Gasteiger partial charge in [0.05, 0.1) is 6.61 Å². The maximum absolute atomic E-state index is 9.10. The number of unbranched alkanes of at least 4 members (excludes halogenated alkanes) is 1. The Hall–Kier alpha value is -2.61. The number of halogens is 1. The molecule has 0 amide bonds. The first-order chi connectivity index (χ1) is 14.9. The molecule has 0 unspecified atom stereocenters. The van der Waals surface area contributed by atoms with Gasteiger partial charge in [0.2, 0.25) is 0 Å². The summed E-state index contributed by atoms with van der Waals surface area (Å²) >= 11 is 5.96. The molecule has 3 rings (SSSR count). The Balaban J connectivity index is 0.000000501. The van der Waals surface area contributed by atoms with Crippen LogP contribution in [0.5, 0.6) is 5.75 Å². The number of aliphatic carboxylic acids is 2. The van der Waals surface area contributed by atoms with E-state index in [2.05, 4.69) is 40.1 Å². The zero-order valence-corrected chi connectivity index (χ0v) is 18.2. The highest BCUT2D eigenvalue weighted by Crippen LogP contribution is 2.17. The van der Waals surface area contributed by atoms with Gasteiger partial charge < -0.3 is 19.8 Å². The van der Waals surface area contributed by atoms with Crippen molar-refractivity contribution in [3.05, 3.63) is 65.2 Å². The summed E-state index contributed by atoms with van der Waals surface area (Å²) in [6.07, 6.45) is 2.26. The van der Waals surface area contributed by atoms with Gasteiger partial charge in [0.15, 0.2) is 0 Å². The molecule has 0 saturated carbocycles. The van der Waals surface area contributed by atoms with Crippen LogP contribution in [0.1, 0.15) is 18.4 Å². The molecular formula is C23H29ClN2O5. The van der Waals surface area contributed by atoms with Gasteiger partial charge in [-0.3, -0.25) is 4.90 Å². The zero-order chi connectivity index (χ0) is 22.5. The quantitative estimate of drug-likeness (QED) is 0.472. The smallest absolute Gasteiger partial charge is 0.414 e. The number of ether oxygens (including phenoxy) is 1. The summed E-state index contributed by atoms with van der Waals surface area (Å²) in [5, 5.41) is 15.5. The number of carboxylic acid groups (broad SMARTS) is 2. The third kappa shape index (κ3) is 10.3. The van der Waals surface area contributed by atoms with Crippen molar-refractivity contribution in [1.82, 2.24) is 9.80 Å². The molecule has 0 radical (unpaired) electrons. The van der Waals surface area contributed by atoms with E-state index in [1.165, 1.54) is 25.1 Å². The third-order valence-electron chi connectivity index (χ3n) is 4.83. The summed E-state index contributed by atoms with van der Waals surface area (Å²) in [6, 6.07) is 18.4. The van der Waals surface area contributed by atoms with E-state index in [-0.39, 0.29) is 0 Å². The highest BCUT2D eigenvalue weighted by molar-refractivity contribution is 6.30. The Bertz CT molecular complexity index is 799. The van der Waals surface area contributed by atoms with Crippen molar-refractivity contribution in [3.8, 4) is 5.75 Å². The fourth-order valence-corrected chi connectivity index (χ4v) is 3.38. The van der Waals surface area contributed by atoms with Crippen LogP contribution in [-0.2, 0) is 16.1 Å². The number of hydrogen-bond acceptors (Lipinski definition) is 5. The minimum atomic E-state index is -1.82. The summed E-state index contributed by atoms with van der Waals surface area (Å²) in [5.74, 6) is -2.79. The van der Waals surface area contributed by atoms with Gasteiger partial charge in [-0.1, -0.05) is 48.0 Å². The van der Waals surface area contributed by atoms with Crippen molar-refractivity contribution in [3.63, 3.8) is 0 Å². The Morgan fingerprint density at radius 3 is 2.13 bits per heavy atom. The normalized spacial score (nSPS) is 14.4. The van der Waals surface area contributed by atoms with Crippen LogP contribution in [0.4, 0.5) is 0 Å². The standard InChI is InChI=1S/C21H27ClN2O.C2H2O4/c22-20-9-6-10-21(17-20)25-16-5-4-11-23-12-14-24(15-13-23)18-19-7-2-1-3-8-19;3-1(4)2(5)6/h1-3,6-10,17H,4-5,11-16,18H2;(H,3,4)(H,5,6). The fraction of sp³-hybridized carbons (Fsp3) is 0.391. The lowest BCUT2D eigenvalue weighted by Gasteiger charge is -2.34. The highest BCUT2D eigenvalue weighted by Gasteiger charge is 2.16. The Kier molecular flexibility index (Phi) is 10.9. The molecule has 31 heavy (non-hydrogen) atoms. The van der Waals surface area contributed by atoms with Gasteiger partial charge in [-0.25, -0.2) is 9.59 Å². The van der Waals surface area contributed by atoms with Crippen LogP contribution >= 0.6 is 11.6 Å². The average molecular weight is 449 g/mol. The van der Waals surface area contributed by atoms with Crippen LogP contribution in [0.2, 0.25) is 5.02 Å². The Labute approximate surface area is 187 Å². The lowest BCUT2D eigenvalue weighted by atomic mass is 10.2. The Morgan fingerprint density at radius 1 is 0.871 bits per heavy atom. The zero-order valence-electron chi connectivity index (χ0n) is 17.5. The number of hydrogen-bond donors (Lipinski definition) is 2. The molecule has 0 aliphatic carbocycles. The van der Waals surface area contributed by atoms with Crippen molar-refractivity contribution < 1.29 is 24.5 Å². The molecule has 1 saturated heterocycles. The van der Waals surface area contributed by atoms with Crippen LogP contribution in [0.25, 0.3) is 0 Å². The van der Waals surface area contributed by atoms with Gasteiger partial charge in [0, 0.05) is 37.7 Å². The number of piperazine rings is 1. The second-order valence-corrected chi connectivity index (χ2v) is 7.66. The SMILES string of the molecule is Clc1cccc(OCCCCN2CCN(Cc3ccccc3)CC2)c1.O=C(O)C(=O)O. The van der Waals surface area contributed by atoms with Crippen molar-refractivity contribution in [2.24, 2.45) is 0 Å². The predicted octanol–water partition coefficient (Wildman–Crippen LogP) is 3.47. The number of nitrogens with zero attached hydrogens (tertiary/aromatic N) is 2. The van der Waals surface area contributed by atoms with Gasteiger partial charge in [-0.05, 0) is 43.1 Å². The molecule has 1 fully saturated rings. The molecule has 1 aliphatic heterocycles. The molecule has 7 nitrogen and oxygen atoms in total. The number of benzene rings is 2. The summed E-state index contributed by atoms with van der Waals surface area (Å²) < 4.78 is 5.75. The summed E-state index contributed by atoms with van der Waals surface area (Å²) in [5.41, 5.74) is 1.41. The van der Waals surface area contributed by atoms with E-state index in [1.807, 2.05) is 24.3 Å². The fourth-order valence-electron chi connectivity index (χ4n) is 3.20. The first-order valence-electron chi connectivity index (χ1n) is 10.3. The number of carboxylic acids is 2. The molecule has 0 atom stereocenters. The van der Waals surface area contributed by atoms with Gasteiger partial charge in [-0.15, -0.1) is 0 Å². The lowest BCUT2D eigenvalue weighted by molar-refractivity contribution is -0.159. The van der Waals surface area contributed by atoms with Crippen LogP contribution in [0.3, 0.4) is 0 Å². The second-order valence-electron chi connectivity index (χ2n) is 7.23. The summed E-state index contributed by atoms with van der Waals surface area (Å²) in [7, 11) is 0. The lowest BCUT2D eigenvalue weighted by Crippen LogP contribution is -2.46. The van der Waals surface area contributed by atoms with E-state index in [1.54, 1.807) is 0 Å². The van der Waals surface area contributed by atoms with Crippen LogP contribution < -0.4 is 4.74 Å². The highest BCUT2D eigenvalue weighted by atomic mass is 35.5. The molecule has 8 heteroatoms. The van der Waals surface area contributed by atoms with E-state index in [0.29, 0.717) is 0 Å². The minimum absolute atomic E-state index is 0.728. The largest absolute Gasteiger partial charge is 0.494 e. The van der Waals surface area contributed by atoms with E-state index >= 15 is 0 Å². The number of rotatable bonds is 8. The van der Waals surface area contributed by atoms with Gasteiger partial charge >= 0.3 is 11.9 Å². The Morgan fingerprint density at radius 2 is 1.52 bits per heavy atom. The molecule has 2 aromatic carbocycles. The molecule has 0 bridgehead atoms. The van der Waals surface area contributed by atoms with Crippen LogP contribution in [0, 0.1) is 0 Å². The second kappa shape index (κ2) is 13.6. The van der Waals surface area contributed by atoms with E-state index in [0.717, 1.165) is 50.0 Å². The van der Waals surface area contributed by atoms with Crippen LogP contribution in [-0.4, -0.2) is 71.3 Å². The van der Waals surface area contributed by atoms with Crippen molar-refractivity contribution >= 4 is 23.5 Å². The molecule has 2 aromatic rings. The minimum Gasteiger partial charge on any atom is -0.494 e. The van der Waals surface area contributed by atoms with E-state index in [9.17, 15) is 0 Å². The molecule has 0 aromatic heterocycles. The van der Waals surface area contributed by atoms with E-state index < -0.39 is 11.9 Å². The topological polar surface area (TPSA) is 90.3 Å². The summed E-state index contributed by atoms with van der Waals surface area (Å²) in [6.45, 7) is 7.65. The van der Waals surface area contributed by atoms with Gasteiger partial charge in [-0.2, -0.15) is 0 Å². The molecule has 168 valence electrons. The summed E-state index contributed by atoms with van der Waals surface area (Å²) in [4.78, 5) is 23.3. The van der Waals surface area contributed by atoms with E-state index in [4.69, 9.17) is 36.1 Å². The monoisotopic (exact) mass is 448 g/mol. The first-order valence-corrected chi connectivity index (χ1v) is 10.6. The molecule has 0 spiro atoms. The molecule has 1 heterocycles. The first kappa shape index (κ1) is 24.7. The van der Waals surface area contributed by atoms with Gasteiger partial charge in [0.25, 0.3) is 0 Å². The number of carbonyl (C=O) groups is 2. The van der Waals surface area contributed by atoms with Gasteiger partial charge in [0.1, 0.15) is 5.75 Å². The van der Waals surface area contributed by atoms with Crippen molar-refractivity contribution in [2.45, 2.75) is 19.4 Å². The molecular weight excluding hydrogens is 420 g/mol. The average Bonchev–Trinajstić information content (AvgIpc) is 2.76. The molecule has 1 aliphatic rings. The maximum Gasteiger partial charge on any atom is 0.414 e. The van der Waals surface area contributed by atoms with Crippen molar-refractivity contribution in [1.29, 1.82) is 0 Å². The van der Waals surface area contributed by atoms with Crippen LogP contribution in [0.15, 0.2) is 54.6 Å². The third-order valence-corrected chi connectivity index (χ3v) is 5.07.